The number of hydrogen-bond donors (Lipinski definition) is 1. The monoisotopic (exact) mass is 331 g/mol. The lowest BCUT2D eigenvalue weighted by Crippen LogP contribution is -2.40. The van der Waals surface area contributed by atoms with Crippen LogP contribution in [-0.4, -0.2) is 29.1 Å². The Balaban J connectivity index is 1.95. The molecule has 5 nitrogen and oxygen atoms in total. The third kappa shape index (κ3) is 3.26. The summed E-state index contributed by atoms with van der Waals surface area (Å²) in [5.74, 6) is -0.0359. The van der Waals surface area contributed by atoms with Crippen molar-refractivity contribution in [1.82, 2.24) is 9.97 Å². The minimum Gasteiger partial charge on any atom is -0.341 e. The molecule has 0 unspecified atom stereocenters. The molecule has 2 heterocycles. The Bertz CT molecular complexity index is 766. The highest BCUT2D eigenvalue weighted by molar-refractivity contribution is 6.32. The molecule has 1 aromatic heterocycles. The van der Waals surface area contributed by atoms with Crippen LogP contribution < -0.4 is 10.6 Å². The molecular weight excluding hydrogens is 317 g/mol. The molecule has 0 aliphatic carbocycles. The second-order valence-corrected chi connectivity index (χ2v) is 5.90. The molecule has 2 N–H and O–H groups in total. The van der Waals surface area contributed by atoms with E-state index in [2.05, 4.69) is 9.97 Å². The molecular formula is C16H15ClFN5. The largest absolute Gasteiger partial charge is 0.341 e. The van der Waals surface area contributed by atoms with Gasteiger partial charge in [0.15, 0.2) is 0 Å². The fraction of sp³-hybridized carbons (Fsp3) is 0.312. The van der Waals surface area contributed by atoms with Crippen molar-refractivity contribution in [1.29, 1.82) is 5.26 Å². The first-order valence-electron chi connectivity index (χ1n) is 7.31. The standard InChI is InChI=1S/C16H15ClFN5/c17-13-9-21-16(23-5-3-12(20)4-6-23)22-15(13)10-1-2-11(8-19)14(18)7-10/h1-2,7,9,12H,3-6,20H2. The van der Waals surface area contributed by atoms with E-state index in [1.54, 1.807) is 12.1 Å². The number of halogens is 2. The molecule has 3 rings (SSSR count). The fourth-order valence-corrected chi connectivity index (χ4v) is 2.77. The lowest BCUT2D eigenvalue weighted by atomic mass is 10.1. The highest BCUT2D eigenvalue weighted by Crippen LogP contribution is 2.29. The summed E-state index contributed by atoms with van der Waals surface area (Å²) in [6.07, 6.45) is 3.28. The van der Waals surface area contributed by atoms with E-state index in [0.717, 1.165) is 25.9 Å². The van der Waals surface area contributed by atoms with Crippen LogP contribution in [0.4, 0.5) is 10.3 Å². The van der Waals surface area contributed by atoms with Gasteiger partial charge in [-0.2, -0.15) is 5.26 Å². The van der Waals surface area contributed by atoms with Crippen LogP contribution in [0.3, 0.4) is 0 Å². The second-order valence-electron chi connectivity index (χ2n) is 5.50. The Kier molecular flexibility index (Phi) is 4.42. The molecule has 0 atom stereocenters. The third-order valence-corrected chi connectivity index (χ3v) is 4.19. The molecule has 0 bridgehead atoms. The van der Waals surface area contributed by atoms with Gasteiger partial charge >= 0.3 is 0 Å². The summed E-state index contributed by atoms with van der Waals surface area (Å²) in [6.45, 7) is 1.56. The summed E-state index contributed by atoms with van der Waals surface area (Å²) >= 11 is 6.17. The molecule has 0 spiro atoms. The smallest absolute Gasteiger partial charge is 0.225 e. The van der Waals surface area contributed by atoms with Crippen molar-refractivity contribution in [3.05, 3.63) is 40.8 Å². The van der Waals surface area contributed by atoms with Crippen molar-refractivity contribution in [2.45, 2.75) is 18.9 Å². The van der Waals surface area contributed by atoms with Gasteiger partial charge in [0.05, 0.1) is 22.5 Å². The first-order chi connectivity index (χ1) is 11.1. The van der Waals surface area contributed by atoms with Gasteiger partial charge in [-0.05, 0) is 25.0 Å². The Morgan fingerprint density at radius 3 is 2.74 bits per heavy atom. The van der Waals surface area contributed by atoms with Crippen LogP contribution >= 0.6 is 11.6 Å². The van der Waals surface area contributed by atoms with Gasteiger partial charge in [-0.15, -0.1) is 0 Å². The van der Waals surface area contributed by atoms with Gasteiger partial charge in [-0.25, -0.2) is 14.4 Å². The zero-order valence-electron chi connectivity index (χ0n) is 12.3. The summed E-state index contributed by atoms with van der Waals surface area (Å²) in [7, 11) is 0. The molecule has 0 saturated carbocycles. The third-order valence-electron chi connectivity index (χ3n) is 3.92. The van der Waals surface area contributed by atoms with E-state index in [0.29, 0.717) is 22.2 Å². The van der Waals surface area contributed by atoms with E-state index >= 15 is 0 Å². The molecule has 1 saturated heterocycles. The van der Waals surface area contributed by atoms with E-state index in [1.807, 2.05) is 4.90 Å². The summed E-state index contributed by atoms with van der Waals surface area (Å²) in [5, 5.41) is 9.15. The topological polar surface area (TPSA) is 78.8 Å². The van der Waals surface area contributed by atoms with E-state index in [4.69, 9.17) is 22.6 Å². The van der Waals surface area contributed by atoms with Crippen molar-refractivity contribution in [3.63, 3.8) is 0 Å². The average molecular weight is 332 g/mol. The van der Waals surface area contributed by atoms with Crippen LogP contribution in [0.2, 0.25) is 5.02 Å². The Labute approximate surface area is 138 Å². The summed E-state index contributed by atoms with van der Waals surface area (Å²) in [4.78, 5) is 10.8. The number of piperidine rings is 1. The Hall–Kier alpha value is -2.23. The predicted molar refractivity (Wildman–Crippen MR) is 86.6 cm³/mol. The fourth-order valence-electron chi connectivity index (χ4n) is 2.57. The van der Waals surface area contributed by atoms with Crippen LogP contribution in [0.25, 0.3) is 11.3 Å². The van der Waals surface area contributed by atoms with Gasteiger partial charge in [0.25, 0.3) is 0 Å². The van der Waals surface area contributed by atoms with Crippen molar-refractivity contribution in [2.24, 2.45) is 5.73 Å². The normalized spacial score (nSPS) is 15.5. The summed E-state index contributed by atoms with van der Waals surface area (Å²) in [5.41, 5.74) is 6.87. The number of anilines is 1. The number of benzene rings is 1. The van der Waals surface area contributed by atoms with Gasteiger partial charge in [-0.3, -0.25) is 0 Å². The van der Waals surface area contributed by atoms with Crippen LogP contribution in [0.1, 0.15) is 18.4 Å². The number of nitrogens with zero attached hydrogens (tertiary/aromatic N) is 4. The molecule has 2 aromatic rings. The number of aromatic nitrogens is 2. The van der Waals surface area contributed by atoms with Gasteiger partial charge in [-0.1, -0.05) is 17.7 Å². The Morgan fingerprint density at radius 2 is 2.09 bits per heavy atom. The molecule has 1 aliphatic heterocycles. The van der Waals surface area contributed by atoms with E-state index < -0.39 is 5.82 Å². The highest BCUT2D eigenvalue weighted by atomic mass is 35.5. The molecule has 1 aliphatic rings. The lowest BCUT2D eigenvalue weighted by Gasteiger charge is -2.30. The van der Waals surface area contributed by atoms with Crippen molar-refractivity contribution < 1.29 is 4.39 Å². The number of nitriles is 1. The van der Waals surface area contributed by atoms with Crippen LogP contribution in [0.15, 0.2) is 24.4 Å². The first-order valence-corrected chi connectivity index (χ1v) is 7.69. The van der Waals surface area contributed by atoms with E-state index in [1.165, 1.54) is 18.3 Å². The summed E-state index contributed by atoms with van der Waals surface area (Å²) in [6, 6.07) is 6.33. The highest BCUT2D eigenvalue weighted by Gasteiger charge is 2.20. The molecule has 0 amide bonds. The number of hydrogen-bond acceptors (Lipinski definition) is 5. The molecule has 23 heavy (non-hydrogen) atoms. The van der Waals surface area contributed by atoms with Gasteiger partial charge < -0.3 is 10.6 Å². The van der Waals surface area contributed by atoms with Gasteiger partial charge in [0.2, 0.25) is 5.95 Å². The minimum absolute atomic E-state index is 0.0100. The van der Waals surface area contributed by atoms with Gasteiger partial charge in [0.1, 0.15) is 11.9 Å². The van der Waals surface area contributed by atoms with E-state index in [9.17, 15) is 4.39 Å². The van der Waals surface area contributed by atoms with Crippen LogP contribution in [-0.2, 0) is 0 Å². The SMILES string of the molecule is N#Cc1ccc(-c2nc(N3CCC(N)CC3)ncc2Cl)cc1F. The van der Waals surface area contributed by atoms with E-state index in [-0.39, 0.29) is 11.6 Å². The van der Waals surface area contributed by atoms with Gasteiger partial charge in [0, 0.05) is 24.7 Å². The van der Waals surface area contributed by atoms with Crippen LogP contribution in [0, 0.1) is 17.1 Å². The zero-order valence-corrected chi connectivity index (χ0v) is 13.1. The second kappa shape index (κ2) is 6.49. The predicted octanol–water partition coefficient (Wildman–Crippen LogP) is 2.74. The Morgan fingerprint density at radius 1 is 1.35 bits per heavy atom. The van der Waals surface area contributed by atoms with Crippen molar-refractivity contribution in [2.75, 3.05) is 18.0 Å². The molecule has 1 aromatic carbocycles. The zero-order chi connectivity index (χ0) is 16.4. The number of nitrogens with two attached hydrogens (primary N) is 1. The maximum Gasteiger partial charge on any atom is 0.225 e. The molecule has 0 radical (unpaired) electrons. The van der Waals surface area contributed by atoms with Crippen molar-refractivity contribution in [3.8, 4) is 17.3 Å². The van der Waals surface area contributed by atoms with Crippen molar-refractivity contribution >= 4 is 17.5 Å². The van der Waals surface area contributed by atoms with Crippen LogP contribution in [0.5, 0.6) is 0 Å². The molecule has 118 valence electrons. The quantitative estimate of drug-likeness (QED) is 0.915. The molecule has 1 fully saturated rings. The number of rotatable bonds is 2. The molecule has 7 heteroatoms. The maximum atomic E-state index is 13.8. The average Bonchev–Trinajstić information content (AvgIpc) is 2.56. The maximum absolute atomic E-state index is 13.8. The minimum atomic E-state index is -0.592. The first kappa shape index (κ1) is 15.7. The summed E-state index contributed by atoms with van der Waals surface area (Å²) < 4.78 is 13.8. The lowest BCUT2D eigenvalue weighted by molar-refractivity contribution is 0.495.